The number of aryl methyl sites for hydroxylation is 1. The van der Waals surface area contributed by atoms with Gasteiger partial charge in [-0.2, -0.15) is 0 Å². The highest BCUT2D eigenvalue weighted by molar-refractivity contribution is 7.22. The first-order valence-electron chi connectivity index (χ1n) is 9.12. The number of aromatic nitrogens is 2. The second-order valence-electron chi connectivity index (χ2n) is 7.04. The molecule has 0 aliphatic carbocycles. The molecule has 3 heterocycles. The molecule has 1 fully saturated rings. The Morgan fingerprint density at radius 1 is 1.33 bits per heavy atom. The smallest absolute Gasteiger partial charge is 0.337 e. The molecule has 1 saturated heterocycles. The van der Waals surface area contributed by atoms with Gasteiger partial charge in [0, 0.05) is 24.8 Å². The number of carboxylic acid groups (broad SMARTS) is 1. The van der Waals surface area contributed by atoms with Gasteiger partial charge in [0.2, 0.25) is 0 Å². The fourth-order valence-corrected chi connectivity index (χ4v) is 5.33. The number of halogens is 3. The second kappa shape index (κ2) is 8.26. The molecule has 2 aromatic heterocycles. The van der Waals surface area contributed by atoms with Crippen molar-refractivity contribution in [2.75, 3.05) is 18.0 Å². The maximum atomic E-state index is 12.6. The van der Waals surface area contributed by atoms with Crippen LogP contribution in [-0.4, -0.2) is 51.5 Å². The molecule has 0 radical (unpaired) electrons. The zero-order valence-electron chi connectivity index (χ0n) is 15.7. The summed E-state index contributed by atoms with van der Waals surface area (Å²) >= 11 is 20.1. The largest absolute Gasteiger partial charge is 0.478 e. The third-order valence-corrected chi connectivity index (χ3v) is 7.60. The number of aromatic carboxylic acids is 1. The Morgan fingerprint density at radius 3 is 2.73 bits per heavy atom. The van der Waals surface area contributed by atoms with Crippen LogP contribution in [0.25, 0.3) is 10.2 Å². The third-order valence-electron chi connectivity index (χ3n) is 5.04. The summed E-state index contributed by atoms with van der Waals surface area (Å²) < 4.78 is 0.634. The van der Waals surface area contributed by atoms with Crippen molar-refractivity contribution in [1.29, 1.82) is 0 Å². The molecule has 3 N–H and O–H groups in total. The average Bonchev–Trinajstić information content (AvgIpc) is 3.26. The Hall–Kier alpha value is -2.00. The van der Waals surface area contributed by atoms with Crippen molar-refractivity contribution in [3.63, 3.8) is 0 Å². The molecule has 2 unspecified atom stereocenters. The van der Waals surface area contributed by atoms with Crippen molar-refractivity contribution in [2.24, 2.45) is 0 Å². The molecule has 4 rings (SSSR count). The Bertz CT molecular complexity index is 1150. The van der Waals surface area contributed by atoms with E-state index < -0.39 is 5.97 Å². The maximum absolute atomic E-state index is 12.6. The van der Waals surface area contributed by atoms with Crippen LogP contribution in [-0.2, 0) is 0 Å². The number of alkyl halides is 1. The summed E-state index contributed by atoms with van der Waals surface area (Å²) in [5, 5.41) is 13.2. The van der Waals surface area contributed by atoms with Crippen LogP contribution < -0.4 is 10.2 Å². The first-order chi connectivity index (χ1) is 14.3. The number of carbonyl (C=O) groups is 2. The minimum absolute atomic E-state index is 0.193. The van der Waals surface area contributed by atoms with E-state index in [1.54, 1.807) is 25.1 Å². The van der Waals surface area contributed by atoms with Gasteiger partial charge in [0.05, 0.1) is 31.2 Å². The van der Waals surface area contributed by atoms with Crippen molar-refractivity contribution in [2.45, 2.75) is 24.8 Å². The summed E-state index contributed by atoms with van der Waals surface area (Å²) in [6.45, 7) is 2.82. The summed E-state index contributed by atoms with van der Waals surface area (Å²) in [6.07, 6.45) is 0.604. The Morgan fingerprint density at radius 2 is 2.10 bits per heavy atom. The van der Waals surface area contributed by atoms with Crippen LogP contribution in [0.5, 0.6) is 0 Å². The van der Waals surface area contributed by atoms with Gasteiger partial charge in [0.1, 0.15) is 5.69 Å². The van der Waals surface area contributed by atoms with Crippen molar-refractivity contribution in [3.8, 4) is 0 Å². The highest BCUT2D eigenvalue weighted by Gasteiger charge is 2.32. The standard InChI is InChI=1S/C19H17Cl3N4O3S/c1-8-13(21)14(22)15(23-8)17(27)24-11-5-6-26(7-10(11)20)19-25-12-4-2-3-9(18(28)29)16(12)30-19/h2-4,10-11,23H,5-7H2,1H3,(H,24,27)(H,28,29). The minimum Gasteiger partial charge on any atom is -0.478 e. The Labute approximate surface area is 190 Å². The highest BCUT2D eigenvalue weighted by Crippen LogP contribution is 2.34. The van der Waals surface area contributed by atoms with Crippen LogP contribution in [0.15, 0.2) is 18.2 Å². The molecule has 0 saturated carbocycles. The van der Waals surface area contributed by atoms with E-state index in [0.29, 0.717) is 45.6 Å². The minimum atomic E-state index is -0.981. The quantitative estimate of drug-likeness (QED) is 0.469. The molecule has 11 heteroatoms. The Kier molecular flexibility index (Phi) is 5.85. The molecule has 1 amide bonds. The fraction of sp³-hybridized carbons (Fsp3) is 0.316. The maximum Gasteiger partial charge on any atom is 0.337 e. The SMILES string of the molecule is Cc1[nH]c(C(=O)NC2CCN(c3nc4cccc(C(=O)O)c4s3)CC2Cl)c(Cl)c1Cl. The number of hydrogen-bond acceptors (Lipinski definition) is 5. The van der Waals surface area contributed by atoms with Gasteiger partial charge in [0.15, 0.2) is 5.13 Å². The number of nitrogens with one attached hydrogen (secondary N) is 2. The number of H-pyrrole nitrogens is 1. The molecule has 2 atom stereocenters. The van der Waals surface area contributed by atoms with Gasteiger partial charge in [-0.05, 0) is 25.5 Å². The van der Waals surface area contributed by atoms with Crippen molar-refractivity contribution in [1.82, 2.24) is 15.3 Å². The van der Waals surface area contributed by atoms with Crippen molar-refractivity contribution < 1.29 is 14.7 Å². The lowest BCUT2D eigenvalue weighted by Gasteiger charge is -2.35. The van der Waals surface area contributed by atoms with E-state index in [1.165, 1.54) is 11.3 Å². The molecule has 1 aliphatic heterocycles. The van der Waals surface area contributed by atoms with E-state index in [-0.39, 0.29) is 33.6 Å². The first kappa shape index (κ1) is 21.2. The number of amides is 1. The second-order valence-corrected chi connectivity index (χ2v) is 9.33. The topological polar surface area (TPSA) is 98.3 Å². The van der Waals surface area contributed by atoms with E-state index in [2.05, 4.69) is 15.3 Å². The molecule has 0 bridgehead atoms. The zero-order chi connectivity index (χ0) is 21.6. The van der Waals surface area contributed by atoms with Gasteiger partial charge in [-0.1, -0.05) is 40.6 Å². The van der Waals surface area contributed by atoms with Gasteiger partial charge in [0.25, 0.3) is 5.91 Å². The summed E-state index contributed by atoms with van der Waals surface area (Å²) in [4.78, 5) is 33.5. The monoisotopic (exact) mass is 486 g/mol. The molecule has 1 aliphatic rings. The van der Waals surface area contributed by atoms with Gasteiger partial charge in [-0.25, -0.2) is 9.78 Å². The van der Waals surface area contributed by atoms with Gasteiger partial charge >= 0.3 is 5.97 Å². The van der Waals surface area contributed by atoms with Crippen molar-refractivity contribution in [3.05, 3.63) is 45.2 Å². The van der Waals surface area contributed by atoms with Gasteiger partial charge in [-0.15, -0.1) is 11.6 Å². The lowest BCUT2D eigenvalue weighted by molar-refractivity contribution is 0.0699. The zero-order valence-corrected chi connectivity index (χ0v) is 18.8. The van der Waals surface area contributed by atoms with Crippen LogP contribution in [0.3, 0.4) is 0 Å². The first-order valence-corrected chi connectivity index (χ1v) is 11.1. The number of rotatable bonds is 4. The molecular weight excluding hydrogens is 471 g/mol. The molecule has 1 aromatic carbocycles. The number of carbonyl (C=O) groups excluding carboxylic acids is 1. The van der Waals surface area contributed by atoms with E-state index in [1.807, 2.05) is 4.90 Å². The van der Waals surface area contributed by atoms with Crippen LogP contribution in [0, 0.1) is 6.92 Å². The lowest BCUT2D eigenvalue weighted by atomic mass is 10.0. The van der Waals surface area contributed by atoms with Gasteiger partial charge < -0.3 is 20.3 Å². The number of fused-ring (bicyclic) bond motifs is 1. The highest BCUT2D eigenvalue weighted by atomic mass is 35.5. The lowest BCUT2D eigenvalue weighted by Crippen LogP contribution is -2.52. The average molecular weight is 488 g/mol. The van der Waals surface area contributed by atoms with Crippen molar-refractivity contribution >= 4 is 73.4 Å². The molecular formula is C19H17Cl3N4O3S. The number of benzene rings is 1. The summed E-state index contributed by atoms with van der Waals surface area (Å²) in [7, 11) is 0. The van der Waals surface area contributed by atoms with E-state index in [0.717, 1.165) is 0 Å². The number of anilines is 1. The third kappa shape index (κ3) is 3.85. The molecule has 7 nitrogen and oxygen atoms in total. The normalized spacial score (nSPS) is 19.3. The van der Waals surface area contributed by atoms with Crippen LogP contribution in [0.2, 0.25) is 10.0 Å². The van der Waals surface area contributed by atoms with E-state index in [4.69, 9.17) is 34.8 Å². The summed E-state index contributed by atoms with van der Waals surface area (Å²) in [5.41, 5.74) is 1.72. The molecule has 30 heavy (non-hydrogen) atoms. The number of thiazole rings is 1. The van der Waals surface area contributed by atoms with E-state index >= 15 is 0 Å². The van der Waals surface area contributed by atoms with Crippen LogP contribution in [0.4, 0.5) is 5.13 Å². The molecule has 0 spiro atoms. The van der Waals surface area contributed by atoms with Crippen LogP contribution >= 0.6 is 46.1 Å². The predicted molar refractivity (Wildman–Crippen MR) is 120 cm³/mol. The fourth-order valence-electron chi connectivity index (χ4n) is 3.45. The summed E-state index contributed by atoms with van der Waals surface area (Å²) in [5.74, 6) is -1.34. The number of carboxylic acids is 1. The number of nitrogens with zero attached hydrogens (tertiary/aromatic N) is 2. The van der Waals surface area contributed by atoms with E-state index in [9.17, 15) is 14.7 Å². The predicted octanol–water partition coefficient (Wildman–Crippen LogP) is 4.55. The molecule has 158 valence electrons. The number of aromatic amines is 1. The molecule has 3 aromatic rings. The van der Waals surface area contributed by atoms with Crippen LogP contribution in [0.1, 0.15) is 33.0 Å². The summed E-state index contributed by atoms with van der Waals surface area (Å²) in [6, 6.07) is 4.79. The number of piperidine rings is 1. The Balaban J connectivity index is 1.47. The number of hydrogen-bond donors (Lipinski definition) is 3. The van der Waals surface area contributed by atoms with Gasteiger partial charge in [-0.3, -0.25) is 4.79 Å².